The summed E-state index contributed by atoms with van der Waals surface area (Å²) >= 11 is 0. The van der Waals surface area contributed by atoms with E-state index in [9.17, 15) is 0 Å². The summed E-state index contributed by atoms with van der Waals surface area (Å²) in [5.74, 6) is 2.87. The Bertz CT molecular complexity index is 3090. The average molecular weight is 752 g/mol. The minimum Gasteiger partial charge on any atom is -0.456 e. The standard InChI is InChI=1S/C52H41N5O/c1-3-38-27-26-33(2)35-16-12-19-39(31-35)56(38)52-54-50(37-18-11-17-36(30-37)34-14-5-4-6-15-34)53-51(55-52)43-22-13-25-48-49(43)44-32-40(28-29-47(44)58-48)57-45-23-9-7-20-41(45)42-21-8-10-24-46(42)57/h4-25,27-30,32-33,35H,3,26,31H2,1-2H3/b38-27+. The largest absolute Gasteiger partial charge is 0.456 e. The molecule has 1 aliphatic heterocycles. The van der Waals surface area contributed by atoms with E-state index in [4.69, 9.17) is 19.4 Å². The Labute approximate surface area is 337 Å². The minimum absolute atomic E-state index is 0.454. The maximum absolute atomic E-state index is 6.60. The van der Waals surface area contributed by atoms with Crippen molar-refractivity contribution in [2.45, 2.75) is 33.1 Å². The molecular weight excluding hydrogens is 711 g/mol. The van der Waals surface area contributed by atoms with Crippen molar-refractivity contribution < 1.29 is 4.42 Å². The third-order valence-corrected chi connectivity index (χ3v) is 12.1. The molecule has 4 heterocycles. The van der Waals surface area contributed by atoms with Crippen molar-refractivity contribution in [3.05, 3.63) is 175 Å². The number of anilines is 1. The first-order valence-electron chi connectivity index (χ1n) is 20.3. The van der Waals surface area contributed by atoms with Crippen molar-refractivity contribution in [1.29, 1.82) is 0 Å². The van der Waals surface area contributed by atoms with E-state index in [1.54, 1.807) is 0 Å². The summed E-state index contributed by atoms with van der Waals surface area (Å²) in [6.45, 7) is 4.58. The van der Waals surface area contributed by atoms with E-state index in [1.165, 1.54) is 22.2 Å². The Kier molecular flexibility index (Phi) is 8.17. The predicted molar refractivity (Wildman–Crippen MR) is 238 cm³/mol. The van der Waals surface area contributed by atoms with Crippen molar-refractivity contribution >= 4 is 49.7 Å². The topological polar surface area (TPSA) is 60.0 Å². The highest BCUT2D eigenvalue weighted by Crippen LogP contribution is 2.41. The lowest BCUT2D eigenvalue weighted by atomic mass is 9.83. The molecule has 0 saturated heterocycles. The Morgan fingerprint density at radius 1 is 0.655 bits per heavy atom. The molecule has 0 N–H and O–H groups in total. The van der Waals surface area contributed by atoms with Gasteiger partial charge in [0.25, 0.3) is 0 Å². The number of hydrogen-bond donors (Lipinski definition) is 0. The normalized spacial score (nSPS) is 17.7. The van der Waals surface area contributed by atoms with Crippen LogP contribution in [0.3, 0.4) is 0 Å². The van der Waals surface area contributed by atoms with Gasteiger partial charge in [0.15, 0.2) is 11.6 Å². The maximum atomic E-state index is 6.60. The SMILES string of the molecule is CC/C1=C\CC(C)C2C=CC=C(C2)N1c1nc(-c2cccc(-c3ccccc3)c2)nc(-c2cccc3oc4ccc(-n5c6ccccc6c6ccccc65)cc4c23)n1. The molecule has 2 atom stereocenters. The van der Waals surface area contributed by atoms with Crippen LogP contribution in [0.1, 0.15) is 33.1 Å². The van der Waals surface area contributed by atoms with Gasteiger partial charge in [-0.15, -0.1) is 0 Å². The molecule has 280 valence electrons. The van der Waals surface area contributed by atoms with Gasteiger partial charge in [0, 0.05) is 49.8 Å². The molecule has 0 amide bonds. The van der Waals surface area contributed by atoms with Crippen LogP contribution >= 0.6 is 0 Å². The van der Waals surface area contributed by atoms with Gasteiger partial charge < -0.3 is 8.98 Å². The van der Waals surface area contributed by atoms with Gasteiger partial charge in [-0.1, -0.05) is 129 Å². The predicted octanol–water partition coefficient (Wildman–Crippen LogP) is 13.5. The van der Waals surface area contributed by atoms with Gasteiger partial charge in [-0.05, 0) is 90.8 Å². The van der Waals surface area contributed by atoms with E-state index in [-0.39, 0.29) is 0 Å². The summed E-state index contributed by atoms with van der Waals surface area (Å²) in [6.07, 6.45) is 12.0. The van der Waals surface area contributed by atoms with Crippen molar-refractivity contribution in [3.63, 3.8) is 0 Å². The van der Waals surface area contributed by atoms with Gasteiger partial charge >= 0.3 is 0 Å². The van der Waals surface area contributed by atoms with Gasteiger partial charge in [-0.25, -0.2) is 4.98 Å². The summed E-state index contributed by atoms with van der Waals surface area (Å²) in [7, 11) is 0. The lowest BCUT2D eigenvalue weighted by Crippen LogP contribution is -2.29. The number of rotatable bonds is 6. The summed E-state index contributed by atoms with van der Waals surface area (Å²) in [4.78, 5) is 18.4. The summed E-state index contributed by atoms with van der Waals surface area (Å²) < 4.78 is 8.95. The molecule has 6 aromatic carbocycles. The van der Waals surface area contributed by atoms with E-state index in [1.807, 2.05) is 18.2 Å². The maximum Gasteiger partial charge on any atom is 0.238 e. The van der Waals surface area contributed by atoms with Gasteiger partial charge in [0.05, 0.1) is 11.0 Å². The average Bonchev–Trinajstić information content (AvgIpc) is 3.83. The highest BCUT2D eigenvalue weighted by Gasteiger charge is 2.29. The van der Waals surface area contributed by atoms with Gasteiger partial charge in [-0.2, -0.15) is 9.97 Å². The van der Waals surface area contributed by atoms with E-state index in [0.29, 0.717) is 29.4 Å². The molecule has 6 nitrogen and oxygen atoms in total. The van der Waals surface area contributed by atoms with E-state index >= 15 is 0 Å². The third kappa shape index (κ3) is 5.66. The Morgan fingerprint density at radius 3 is 2.19 bits per heavy atom. The quantitative estimate of drug-likeness (QED) is 0.169. The summed E-state index contributed by atoms with van der Waals surface area (Å²) in [5.41, 5.74) is 11.5. The molecule has 6 heteroatoms. The molecule has 2 aliphatic rings. The summed E-state index contributed by atoms with van der Waals surface area (Å²) in [6, 6.07) is 49.0. The van der Waals surface area contributed by atoms with Crippen molar-refractivity contribution in [2.24, 2.45) is 11.8 Å². The highest BCUT2D eigenvalue weighted by molar-refractivity contribution is 6.13. The van der Waals surface area contributed by atoms with Crippen molar-refractivity contribution in [2.75, 3.05) is 4.90 Å². The molecule has 0 fully saturated rings. The summed E-state index contributed by atoms with van der Waals surface area (Å²) in [5, 5.41) is 4.45. The first-order chi connectivity index (χ1) is 28.6. The first-order valence-corrected chi connectivity index (χ1v) is 20.3. The molecule has 58 heavy (non-hydrogen) atoms. The van der Waals surface area contributed by atoms with Crippen LogP contribution in [0, 0.1) is 11.8 Å². The molecular formula is C52H41N5O. The van der Waals surface area contributed by atoms with Crippen molar-refractivity contribution in [3.8, 4) is 39.6 Å². The van der Waals surface area contributed by atoms with Crippen LogP contribution in [0.4, 0.5) is 5.95 Å². The minimum atomic E-state index is 0.454. The smallest absolute Gasteiger partial charge is 0.238 e. The Hall–Kier alpha value is -7.05. The lowest BCUT2D eigenvalue weighted by Gasteiger charge is -2.35. The van der Waals surface area contributed by atoms with Crippen LogP contribution in [0.2, 0.25) is 0 Å². The fourth-order valence-electron chi connectivity index (χ4n) is 9.10. The fraction of sp³-hybridized carbons (Fsp3) is 0.135. The van der Waals surface area contributed by atoms with E-state index in [2.05, 4.69) is 169 Å². The number of para-hydroxylation sites is 2. The molecule has 0 spiro atoms. The van der Waals surface area contributed by atoms with Crippen LogP contribution < -0.4 is 4.90 Å². The fourth-order valence-corrected chi connectivity index (χ4v) is 9.10. The van der Waals surface area contributed by atoms with Crippen LogP contribution in [-0.4, -0.2) is 19.5 Å². The third-order valence-electron chi connectivity index (χ3n) is 12.1. The van der Waals surface area contributed by atoms with E-state index < -0.39 is 0 Å². The molecule has 2 unspecified atom stereocenters. The second-order valence-electron chi connectivity index (χ2n) is 15.6. The number of fused-ring (bicyclic) bond motifs is 8. The number of benzene rings is 6. The second kappa shape index (κ2) is 13.9. The number of nitrogens with zero attached hydrogens (tertiary/aromatic N) is 5. The number of hydrogen-bond acceptors (Lipinski definition) is 5. The van der Waals surface area contributed by atoms with Crippen LogP contribution in [0.15, 0.2) is 180 Å². The molecule has 11 rings (SSSR count). The molecule has 0 saturated carbocycles. The molecule has 9 aromatic rings. The Morgan fingerprint density at radius 2 is 1.38 bits per heavy atom. The molecule has 2 bridgehead atoms. The van der Waals surface area contributed by atoms with Gasteiger partial charge in [-0.3, -0.25) is 4.90 Å². The molecule has 1 aliphatic carbocycles. The number of allylic oxidation sites excluding steroid dienone is 6. The zero-order chi connectivity index (χ0) is 38.7. The highest BCUT2D eigenvalue weighted by atomic mass is 16.3. The number of furan rings is 1. The van der Waals surface area contributed by atoms with Crippen LogP contribution in [-0.2, 0) is 0 Å². The zero-order valence-electron chi connectivity index (χ0n) is 32.5. The van der Waals surface area contributed by atoms with Crippen LogP contribution in [0.25, 0.3) is 83.3 Å². The van der Waals surface area contributed by atoms with Gasteiger partial charge in [0.2, 0.25) is 5.95 Å². The zero-order valence-corrected chi connectivity index (χ0v) is 32.5. The number of aromatic nitrogens is 4. The first kappa shape index (κ1) is 34.2. The lowest BCUT2D eigenvalue weighted by molar-refractivity contribution is 0.416. The molecule has 3 aromatic heterocycles. The molecule has 0 radical (unpaired) electrons. The van der Waals surface area contributed by atoms with Crippen molar-refractivity contribution in [1.82, 2.24) is 19.5 Å². The Balaban J connectivity index is 1.15. The monoisotopic (exact) mass is 751 g/mol. The van der Waals surface area contributed by atoms with Crippen LogP contribution in [0.5, 0.6) is 0 Å². The van der Waals surface area contributed by atoms with Gasteiger partial charge in [0.1, 0.15) is 11.2 Å². The van der Waals surface area contributed by atoms with E-state index in [0.717, 1.165) is 80.2 Å². The second-order valence-corrected chi connectivity index (χ2v) is 15.6.